The number of aliphatic hydroxyl groups excluding tert-OH is 1. The molecule has 1 unspecified atom stereocenters. The highest BCUT2D eigenvalue weighted by Crippen LogP contribution is 2.41. The Kier molecular flexibility index (Phi) is 1.92. The fourth-order valence-electron chi connectivity index (χ4n) is 2.18. The van der Waals surface area contributed by atoms with Crippen LogP contribution < -0.4 is 5.32 Å². The van der Waals surface area contributed by atoms with Crippen LogP contribution in [0.4, 0.5) is 0 Å². The highest BCUT2D eigenvalue weighted by atomic mass is 16.3. The van der Waals surface area contributed by atoms with Gasteiger partial charge in [0.1, 0.15) is 0 Å². The number of hydrogen-bond acceptors (Lipinski definition) is 2. The van der Waals surface area contributed by atoms with Crippen LogP contribution in [-0.2, 0) is 0 Å². The summed E-state index contributed by atoms with van der Waals surface area (Å²) in [6, 6.07) is 1.31. The lowest BCUT2D eigenvalue weighted by molar-refractivity contribution is 0.0242. The molecule has 2 nitrogen and oxygen atoms in total. The van der Waals surface area contributed by atoms with Crippen molar-refractivity contribution in [3.8, 4) is 0 Å². The molecule has 0 saturated heterocycles. The van der Waals surface area contributed by atoms with Crippen LogP contribution in [0.25, 0.3) is 0 Å². The maximum atomic E-state index is 9.11. The average Bonchev–Trinajstić information content (AvgIpc) is 1.93. The third kappa shape index (κ3) is 1.38. The van der Waals surface area contributed by atoms with Crippen LogP contribution in [0.1, 0.15) is 39.5 Å². The molecule has 2 N–H and O–H groups in total. The van der Waals surface area contributed by atoms with E-state index in [9.17, 15) is 0 Å². The second-order valence-corrected chi connectivity index (χ2v) is 5.07. The number of nitrogens with one attached hydrogen (secondary N) is 1. The van der Waals surface area contributed by atoms with E-state index in [-0.39, 0.29) is 6.10 Å². The molecule has 0 aromatic rings. The van der Waals surface area contributed by atoms with Crippen molar-refractivity contribution in [2.75, 3.05) is 0 Å². The molecular formula is C10H19NO. The van der Waals surface area contributed by atoms with Gasteiger partial charge >= 0.3 is 0 Å². The van der Waals surface area contributed by atoms with E-state index in [1.54, 1.807) is 0 Å². The zero-order valence-corrected chi connectivity index (χ0v) is 8.01. The minimum Gasteiger partial charge on any atom is -0.393 e. The second-order valence-electron chi connectivity index (χ2n) is 5.07. The molecule has 0 heterocycles. The summed E-state index contributed by atoms with van der Waals surface area (Å²) in [6.07, 6.45) is 4.57. The van der Waals surface area contributed by atoms with Crippen molar-refractivity contribution in [2.24, 2.45) is 5.41 Å². The molecule has 2 rings (SSSR count). The van der Waals surface area contributed by atoms with Gasteiger partial charge in [0.2, 0.25) is 0 Å². The van der Waals surface area contributed by atoms with Crippen molar-refractivity contribution in [2.45, 2.75) is 57.7 Å². The van der Waals surface area contributed by atoms with Crippen molar-refractivity contribution >= 4 is 0 Å². The lowest BCUT2D eigenvalue weighted by atomic mass is 9.66. The lowest BCUT2D eigenvalue weighted by Crippen LogP contribution is -2.57. The second kappa shape index (κ2) is 2.71. The maximum absolute atomic E-state index is 9.11. The standard InChI is InChI=1S/C10H19NO/c1-10(2)4-3-9(10)11-7-5-8(12)6-7/h7-9,11-12H,3-6H2,1-2H3. The summed E-state index contributed by atoms with van der Waals surface area (Å²) in [7, 11) is 0. The number of rotatable bonds is 2. The molecule has 1 atom stereocenters. The summed E-state index contributed by atoms with van der Waals surface area (Å²) in [6.45, 7) is 4.65. The van der Waals surface area contributed by atoms with Crippen LogP contribution in [0, 0.1) is 5.41 Å². The van der Waals surface area contributed by atoms with Gasteiger partial charge in [0.05, 0.1) is 6.10 Å². The SMILES string of the molecule is CC1(C)CCC1NC1CC(O)C1. The Balaban J connectivity index is 1.74. The van der Waals surface area contributed by atoms with Crippen LogP contribution in [0.3, 0.4) is 0 Å². The van der Waals surface area contributed by atoms with Crippen molar-refractivity contribution in [1.29, 1.82) is 0 Å². The van der Waals surface area contributed by atoms with Crippen LogP contribution in [0.5, 0.6) is 0 Å². The molecule has 0 radical (unpaired) electrons. The average molecular weight is 169 g/mol. The normalized spacial score (nSPS) is 44.8. The summed E-state index contributed by atoms with van der Waals surface area (Å²) in [5, 5.41) is 12.7. The van der Waals surface area contributed by atoms with Gasteiger partial charge in [-0.05, 0) is 31.1 Å². The molecule has 2 fully saturated rings. The first-order valence-electron chi connectivity index (χ1n) is 5.02. The van der Waals surface area contributed by atoms with Gasteiger partial charge in [0, 0.05) is 12.1 Å². The van der Waals surface area contributed by atoms with Crippen molar-refractivity contribution in [3.63, 3.8) is 0 Å². The molecule has 2 aliphatic carbocycles. The quantitative estimate of drug-likeness (QED) is 0.653. The molecular weight excluding hydrogens is 150 g/mol. The predicted octanol–water partition coefficient (Wildman–Crippen LogP) is 1.29. The molecule has 70 valence electrons. The Hall–Kier alpha value is -0.0800. The molecule has 2 heteroatoms. The maximum Gasteiger partial charge on any atom is 0.0570 e. The van der Waals surface area contributed by atoms with Gasteiger partial charge in [-0.25, -0.2) is 0 Å². The first-order chi connectivity index (χ1) is 5.58. The molecule has 0 aromatic carbocycles. The Labute approximate surface area is 74.4 Å². The van der Waals surface area contributed by atoms with E-state index in [1.165, 1.54) is 12.8 Å². The first-order valence-corrected chi connectivity index (χ1v) is 5.02. The fraction of sp³-hybridized carbons (Fsp3) is 1.00. The van der Waals surface area contributed by atoms with E-state index in [1.807, 2.05) is 0 Å². The Morgan fingerprint density at radius 3 is 2.33 bits per heavy atom. The van der Waals surface area contributed by atoms with E-state index in [0.29, 0.717) is 17.5 Å². The molecule has 0 aliphatic heterocycles. The highest BCUT2D eigenvalue weighted by molar-refractivity contribution is 4.98. The van der Waals surface area contributed by atoms with E-state index < -0.39 is 0 Å². The van der Waals surface area contributed by atoms with Crippen molar-refractivity contribution < 1.29 is 5.11 Å². The largest absolute Gasteiger partial charge is 0.393 e. The summed E-state index contributed by atoms with van der Waals surface area (Å²) < 4.78 is 0. The number of aliphatic hydroxyl groups is 1. The van der Waals surface area contributed by atoms with E-state index in [2.05, 4.69) is 19.2 Å². The molecule has 0 bridgehead atoms. The minimum absolute atomic E-state index is 0.0225. The molecule has 0 spiro atoms. The number of hydrogen-bond donors (Lipinski definition) is 2. The summed E-state index contributed by atoms with van der Waals surface area (Å²) in [5.74, 6) is 0. The Bertz CT molecular complexity index is 173. The summed E-state index contributed by atoms with van der Waals surface area (Å²) in [5.41, 5.74) is 0.501. The zero-order valence-electron chi connectivity index (χ0n) is 8.01. The Morgan fingerprint density at radius 2 is 2.00 bits per heavy atom. The van der Waals surface area contributed by atoms with Gasteiger partial charge < -0.3 is 10.4 Å². The molecule has 0 amide bonds. The van der Waals surface area contributed by atoms with Crippen LogP contribution in [0.15, 0.2) is 0 Å². The van der Waals surface area contributed by atoms with Crippen LogP contribution in [-0.4, -0.2) is 23.3 Å². The minimum atomic E-state index is -0.0225. The van der Waals surface area contributed by atoms with Gasteiger partial charge in [-0.2, -0.15) is 0 Å². The predicted molar refractivity (Wildman–Crippen MR) is 49.0 cm³/mol. The lowest BCUT2D eigenvalue weighted by Gasteiger charge is -2.49. The van der Waals surface area contributed by atoms with Gasteiger partial charge in [-0.1, -0.05) is 13.8 Å². The summed E-state index contributed by atoms with van der Waals surface area (Å²) in [4.78, 5) is 0. The first kappa shape index (κ1) is 8.52. The van der Waals surface area contributed by atoms with Gasteiger partial charge in [-0.15, -0.1) is 0 Å². The van der Waals surface area contributed by atoms with Gasteiger partial charge in [-0.3, -0.25) is 0 Å². The molecule has 12 heavy (non-hydrogen) atoms. The molecule has 2 aliphatic rings. The van der Waals surface area contributed by atoms with E-state index in [4.69, 9.17) is 5.11 Å². The van der Waals surface area contributed by atoms with Gasteiger partial charge in [0.15, 0.2) is 0 Å². The summed E-state index contributed by atoms with van der Waals surface area (Å²) >= 11 is 0. The van der Waals surface area contributed by atoms with Gasteiger partial charge in [0.25, 0.3) is 0 Å². The topological polar surface area (TPSA) is 32.3 Å². The fourth-order valence-corrected chi connectivity index (χ4v) is 2.18. The van der Waals surface area contributed by atoms with Crippen molar-refractivity contribution in [1.82, 2.24) is 5.32 Å². The van der Waals surface area contributed by atoms with Crippen LogP contribution in [0.2, 0.25) is 0 Å². The third-order valence-electron chi connectivity index (χ3n) is 3.57. The zero-order chi connectivity index (χ0) is 8.77. The smallest absolute Gasteiger partial charge is 0.0570 e. The Morgan fingerprint density at radius 1 is 1.33 bits per heavy atom. The third-order valence-corrected chi connectivity index (χ3v) is 3.57. The van der Waals surface area contributed by atoms with Crippen molar-refractivity contribution in [3.05, 3.63) is 0 Å². The van der Waals surface area contributed by atoms with E-state index in [0.717, 1.165) is 12.8 Å². The monoisotopic (exact) mass is 169 g/mol. The molecule has 0 aromatic heterocycles. The molecule has 2 saturated carbocycles. The van der Waals surface area contributed by atoms with E-state index >= 15 is 0 Å². The highest BCUT2D eigenvalue weighted by Gasteiger charge is 2.41. The van der Waals surface area contributed by atoms with Crippen LogP contribution >= 0.6 is 0 Å².